The van der Waals surface area contributed by atoms with Crippen LogP contribution in [-0.2, 0) is 4.79 Å². The highest BCUT2D eigenvalue weighted by molar-refractivity contribution is 5.95. The number of aromatic amines is 1. The molecule has 1 aromatic heterocycles. The SMILES string of the molecule is Cc1cc(C(=O)CCC(=O)O)n[nH]1. The fraction of sp³-hybridized carbons (Fsp3) is 0.375. The predicted octanol–water partition coefficient (Wildman–Crippen LogP) is 0.766. The second kappa shape index (κ2) is 3.84. The van der Waals surface area contributed by atoms with Crippen LogP contribution >= 0.6 is 0 Å². The molecule has 0 aliphatic heterocycles. The summed E-state index contributed by atoms with van der Waals surface area (Å²) in [6.45, 7) is 1.78. The van der Waals surface area contributed by atoms with E-state index in [9.17, 15) is 9.59 Å². The van der Waals surface area contributed by atoms with Crippen molar-refractivity contribution in [1.29, 1.82) is 0 Å². The van der Waals surface area contributed by atoms with E-state index in [1.165, 1.54) is 0 Å². The quantitative estimate of drug-likeness (QED) is 0.673. The molecule has 0 saturated carbocycles. The van der Waals surface area contributed by atoms with Gasteiger partial charge < -0.3 is 5.11 Å². The van der Waals surface area contributed by atoms with Crippen LogP contribution in [0.4, 0.5) is 0 Å². The van der Waals surface area contributed by atoms with Gasteiger partial charge in [0, 0.05) is 12.1 Å². The number of aliphatic carboxylic acids is 1. The zero-order chi connectivity index (χ0) is 9.84. The highest BCUT2D eigenvalue weighted by Crippen LogP contribution is 2.03. The maximum absolute atomic E-state index is 11.2. The van der Waals surface area contributed by atoms with Crippen molar-refractivity contribution in [2.24, 2.45) is 0 Å². The zero-order valence-electron chi connectivity index (χ0n) is 7.20. The van der Waals surface area contributed by atoms with E-state index >= 15 is 0 Å². The van der Waals surface area contributed by atoms with Gasteiger partial charge in [-0.3, -0.25) is 14.7 Å². The number of aromatic nitrogens is 2. The first kappa shape index (κ1) is 9.44. The van der Waals surface area contributed by atoms with Crippen molar-refractivity contribution in [2.45, 2.75) is 19.8 Å². The molecule has 0 aliphatic carbocycles. The Kier molecular flexibility index (Phi) is 2.79. The molecule has 0 saturated heterocycles. The number of nitrogens with one attached hydrogen (secondary N) is 1. The van der Waals surface area contributed by atoms with E-state index in [1.54, 1.807) is 13.0 Å². The number of ketones is 1. The number of H-pyrrole nitrogens is 1. The second-order valence-electron chi connectivity index (χ2n) is 2.75. The Morgan fingerprint density at radius 2 is 2.23 bits per heavy atom. The van der Waals surface area contributed by atoms with Gasteiger partial charge in [0.05, 0.1) is 6.42 Å². The van der Waals surface area contributed by atoms with Crippen LogP contribution < -0.4 is 0 Å². The number of Topliss-reactive ketones (excluding diaryl/α,β-unsaturated/α-hetero) is 1. The van der Waals surface area contributed by atoms with E-state index in [2.05, 4.69) is 10.2 Å². The molecule has 13 heavy (non-hydrogen) atoms. The fourth-order valence-electron chi connectivity index (χ4n) is 0.909. The molecule has 1 heterocycles. The molecule has 70 valence electrons. The number of rotatable bonds is 4. The second-order valence-corrected chi connectivity index (χ2v) is 2.75. The Hall–Kier alpha value is -1.65. The molecule has 5 nitrogen and oxygen atoms in total. The summed E-state index contributed by atoms with van der Waals surface area (Å²) in [5, 5.41) is 14.7. The highest BCUT2D eigenvalue weighted by atomic mass is 16.4. The van der Waals surface area contributed by atoms with E-state index in [4.69, 9.17) is 5.11 Å². The Labute approximate surface area is 74.8 Å². The van der Waals surface area contributed by atoms with Crippen LogP contribution in [0.25, 0.3) is 0 Å². The number of carbonyl (C=O) groups is 2. The van der Waals surface area contributed by atoms with Crippen molar-refractivity contribution in [3.63, 3.8) is 0 Å². The summed E-state index contributed by atoms with van der Waals surface area (Å²) in [7, 11) is 0. The Morgan fingerprint density at radius 1 is 1.54 bits per heavy atom. The average molecular weight is 182 g/mol. The van der Waals surface area contributed by atoms with Gasteiger partial charge in [-0.1, -0.05) is 0 Å². The van der Waals surface area contributed by atoms with Gasteiger partial charge in [-0.15, -0.1) is 0 Å². The maximum atomic E-state index is 11.2. The smallest absolute Gasteiger partial charge is 0.303 e. The van der Waals surface area contributed by atoms with Crippen LogP contribution in [0.1, 0.15) is 29.0 Å². The molecule has 0 fully saturated rings. The molecule has 5 heteroatoms. The summed E-state index contributed by atoms with van der Waals surface area (Å²) in [4.78, 5) is 21.4. The summed E-state index contributed by atoms with van der Waals surface area (Å²) in [5.41, 5.74) is 1.09. The van der Waals surface area contributed by atoms with E-state index in [0.29, 0.717) is 5.69 Å². The van der Waals surface area contributed by atoms with Gasteiger partial charge >= 0.3 is 5.97 Å². The lowest BCUT2D eigenvalue weighted by Gasteiger charge is -1.91. The maximum Gasteiger partial charge on any atom is 0.303 e. The minimum Gasteiger partial charge on any atom is -0.481 e. The van der Waals surface area contributed by atoms with Crippen molar-refractivity contribution in [2.75, 3.05) is 0 Å². The molecule has 0 bridgehead atoms. The number of carboxylic acid groups (broad SMARTS) is 1. The number of nitrogens with zero attached hydrogens (tertiary/aromatic N) is 1. The molecular weight excluding hydrogens is 172 g/mol. The first-order chi connectivity index (χ1) is 6.09. The van der Waals surface area contributed by atoms with E-state index < -0.39 is 5.97 Å². The summed E-state index contributed by atoms with van der Waals surface area (Å²) in [5.74, 6) is -1.22. The van der Waals surface area contributed by atoms with Crippen molar-refractivity contribution >= 4 is 11.8 Å². The number of carbonyl (C=O) groups excluding carboxylic acids is 1. The highest BCUT2D eigenvalue weighted by Gasteiger charge is 2.10. The number of aryl methyl sites for hydroxylation is 1. The third-order valence-electron chi connectivity index (χ3n) is 1.56. The fourth-order valence-corrected chi connectivity index (χ4v) is 0.909. The van der Waals surface area contributed by atoms with Crippen LogP contribution in [0.2, 0.25) is 0 Å². The molecule has 0 unspecified atom stereocenters. The number of hydrogen-bond acceptors (Lipinski definition) is 3. The van der Waals surface area contributed by atoms with Crippen molar-refractivity contribution < 1.29 is 14.7 Å². The lowest BCUT2D eigenvalue weighted by molar-refractivity contribution is -0.136. The van der Waals surface area contributed by atoms with Gasteiger partial charge in [0.25, 0.3) is 0 Å². The van der Waals surface area contributed by atoms with E-state index in [1.807, 2.05) is 0 Å². The first-order valence-electron chi connectivity index (χ1n) is 3.86. The van der Waals surface area contributed by atoms with Gasteiger partial charge in [0.15, 0.2) is 5.78 Å². The van der Waals surface area contributed by atoms with Crippen LogP contribution in [-0.4, -0.2) is 27.1 Å². The molecular formula is C8H10N2O3. The van der Waals surface area contributed by atoms with Crippen molar-refractivity contribution in [1.82, 2.24) is 10.2 Å². The van der Waals surface area contributed by atoms with Crippen molar-refractivity contribution in [3.8, 4) is 0 Å². The molecule has 2 N–H and O–H groups in total. The predicted molar refractivity (Wildman–Crippen MR) is 44.5 cm³/mol. The monoisotopic (exact) mass is 182 g/mol. The summed E-state index contributed by atoms with van der Waals surface area (Å²) < 4.78 is 0. The summed E-state index contributed by atoms with van der Waals surface area (Å²) in [6, 6.07) is 1.60. The first-order valence-corrected chi connectivity index (χ1v) is 3.86. The third-order valence-corrected chi connectivity index (χ3v) is 1.56. The zero-order valence-corrected chi connectivity index (χ0v) is 7.20. The van der Waals surface area contributed by atoms with Crippen LogP contribution in [0.15, 0.2) is 6.07 Å². The normalized spacial score (nSPS) is 9.92. The van der Waals surface area contributed by atoms with Crippen LogP contribution in [0.5, 0.6) is 0 Å². The number of hydrogen-bond donors (Lipinski definition) is 2. The molecule has 0 radical (unpaired) electrons. The Balaban J connectivity index is 2.54. The lowest BCUT2D eigenvalue weighted by atomic mass is 10.1. The lowest BCUT2D eigenvalue weighted by Crippen LogP contribution is -2.04. The minimum atomic E-state index is -0.972. The largest absolute Gasteiger partial charge is 0.481 e. The molecule has 0 amide bonds. The average Bonchev–Trinajstić information content (AvgIpc) is 2.47. The molecule has 0 atom stereocenters. The third kappa shape index (κ3) is 2.70. The standard InChI is InChI=1S/C8H10N2O3/c1-5-4-6(10-9-5)7(11)2-3-8(12)13/h4H,2-3H2,1H3,(H,9,10)(H,12,13). The summed E-state index contributed by atoms with van der Waals surface area (Å²) >= 11 is 0. The molecule has 1 rings (SSSR count). The van der Waals surface area contributed by atoms with Crippen LogP contribution in [0.3, 0.4) is 0 Å². The van der Waals surface area contributed by atoms with Gasteiger partial charge in [-0.25, -0.2) is 0 Å². The number of carboxylic acids is 1. The molecule has 1 aromatic rings. The molecule has 0 aromatic carbocycles. The van der Waals surface area contributed by atoms with E-state index in [0.717, 1.165) is 5.69 Å². The topological polar surface area (TPSA) is 83.1 Å². The molecule has 0 aliphatic rings. The van der Waals surface area contributed by atoms with Gasteiger partial charge in [-0.05, 0) is 13.0 Å². The van der Waals surface area contributed by atoms with Crippen LogP contribution in [0, 0.1) is 6.92 Å². The molecule has 0 spiro atoms. The van der Waals surface area contributed by atoms with Gasteiger partial charge in [-0.2, -0.15) is 5.10 Å². The Morgan fingerprint density at radius 3 is 2.69 bits per heavy atom. The van der Waals surface area contributed by atoms with Gasteiger partial charge in [0.1, 0.15) is 5.69 Å². The Bertz CT molecular complexity index is 330. The minimum absolute atomic E-state index is 0.000370. The summed E-state index contributed by atoms with van der Waals surface area (Å²) in [6.07, 6.45) is -0.148. The van der Waals surface area contributed by atoms with E-state index in [-0.39, 0.29) is 18.6 Å². The van der Waals surface area contributed by atoms with Gasteiger partial charge in [0.2, 0.25) is 0 Å². The van der Waals surface area contributed by atoms with Crippen molar-refractivity contribution in [3.05, 3.63) is 17.5 Å².